The lowest BCUT2D eigenvalue weighted by atomic mass is 10.4. The van der Waals surface area contributed by atoms with Gasteiger partial charge in [0.25, 0.3) is 0 Å². The van der Waals surface area contributed by atoms with Gasteiger partial charge in [0.2, 0.25) is 0 Å². The van der Waals surface area contributed by atoms with Crippen LogP contribution in [0.1, 0.15) is 5.69 Å². The minimum absolute atomic E-state index is 0.420. The fourth-order valence-corrected chi connectivity index (χ4v) is 2.06. The Balaban J connectivity index is 2.24. The van der Waals surface area contributed by atoms with Crippen molar-refractivity contribution in [1.82, 2.24) is 9.97 Å². The molecule has 0 amide bonds. The molecule has 76 valence electrons. The first-order valence-corrected chi connectivity index (χ1v) is 5.44. The van der Waals surface area contributed by atoms with Crippen molar-refractivity contribution in [1.29, 1.82) is 0 Å². The summed E-state index contributed by atoms with van der Waals surface area (Å²) in [5.41, 5.74) is 6.43. The summed E-state index contributed by atoms with van der Waals surface area (Å²) in [6.07, 6.45) is 3.35. The van der Waals surface area contributed by atoms with Crippen LogP contribution in [0.5, 0.6) is 0 Å². The molecule has 1 aromatic carbocycles. The molecule has 0 saturated carbocycles. The monoisotopic (exact) mass is 217 g/mol. The average Bonchev–Trinajstić information content (AvgIpc) is 2.31. The molecule has 0 aliphatic carbocycles. The molecule has 1 aromatic heterocycles. The smallest absolute Gasteiger partial charge is 0.124 e. The van der Waals surface area contributed by atoms with Crippen molar-refractivity contribution in [2.24, 2.45) is 5.73 Å². The van der Waals surface area contributed by atoms with Gasteiger partial charge in [0, 0.05) is 23.8 Å². The third kappa shape index (κ3) is 2.55. The third-order valence-corrected chi connectivity index (χ3v) is 2.93. The standard InChI is InChI=1S/C11H11N3S/c12-8-10-11(14-7-6-13-10)15-9-4-2-1-3-5-9/h1-7H,8,12H2. The molecule has 0 bridgehead atoms. The molecule has 1 heterocycles. The Morgan fingerprint density at radius 3 is 2.53 bits per heavy atom. The van der Waals surface area contributed by atoms with E-state index in [2.05, 4.69) is 9.97 Å². The second-order valence-electron chi connectivity index (χ2n) is 2.93. The maximum atomic E-state index is 5.59. The van der Waals surface area contributed by atoms with E-state index >= 15 is 0 Å². The van der Waals surface area contributed by atoms with Gasteiger partial charge in [-0.15, -0.1) is 0 Å². The molecule has 0 aliphatic rings. The molecule has 0 radical (unpaired) electrons. The van der Waals surface area contributed by atoms with Crippen LogP contribution in [0.2, 0.25) is 0 Å². The van der Waals surface area contributed by atoms with Crippen LogP contribution >= 0.6 is 11.8 Å². The molecular formula is C11H11N3S. The minimum Gasteiger partial charge on any atom is -0.325 e. The van der Waals surface area contributed by atoms with Crippen LogP contribution in [0.15, 0.2) is 52.6 Å². The van der Waals surface area contributed by atoms with Gasteiger partial charge in [-0.05, 0) is 12.1 Å². The normalized spacial score (nSPS) is 10.2. The maximum Gasteiger partial charge on any atom is 0.124 e. The Hall–Kier alpha value is -1.39. The summed E-state index contributed by atoms with van der Waals surface area (Å²) < 4.78 is 0. The first kappa shape index (κ1) is 10.1. The van der Waals surface area contributed by atoms with Gasteiger partial charge in [-0.25, -0.2) is 4.98 Å². The zero-order valence-corrected chi connectivity index (χ0v) is 8.95. The Morgan fingerprint density at radius 1 is 1.07 bits per heavy atom. The summed E-state index contributed by atoms with van der Waals surface area (Å²) >= 11 is 1.59. The highest BCUT2D eigenvalue weighted by Gasteiger charge is 2.04. The van der Waals surface area contributed by atoms with Crippen molar-refractivity contribution in [2.45, 2.75) is 16.5 Å². The quantitative estimate of drug-likeness (QED) is 0.855. The lowest BCUT2D eigenvalue weighted by molar-refractivity contribution is 0.886. The molecule has 0 saturated heterocycles. The predicted molar refractivity (Wildman–Crippen MR) is 60.5 cm³/mol. The number of rotatable bonds is 3. The van der Waals surface area contributed by atoms with Gasteiger partial charge in [0.1, 0.15) is 5.03 Å². The average molecular weight is 217 g/mol. The Bertz CT molecular complexity index is 431. The molecule has 2 N–H and O–H groups in total. The first-order valence-electron chi connectivity index (χ1n) is 4.63. The molecule has 2 aromatic rings. The van der Waals surface area contributed by atoms with E-state index in [4.69, 9.17) is 5.73 Å². The molecular weight excluding hydrogens is 206 g/mol. The number of nitrogens with zero attached hydrogens (tertiary/aromatic N) is 2. The summed E-state index contributed by atoms with van der Waals surface area (Å²) in [7, 11) is 0. The number of hydrogen-bond acceptors (Lipinski definition) is 4. The van der Waals surface area contributed by atoms with Crippen LogP contribution in [-0.4, -0.2) is 9.97 Å². The fraction of sp³-hybridized carbons (Fsp3) is 0.0909. The SMILES string of the molecule is NCc1nccnc1Sc1ccccc1. The van der Waals surface area contributed by atoms with Crippen molar-refractivity contribution < 1.29 is 0 Å². The molecule has 0 atom stereocenters. The van der Waals surface area contributed by atoms with Crippen LogP contribution in [0, 0.1) is 0 Å². The first-order chi connectivity index (χ1) is 7.40. The molecule has 15 heavy (non-hydrogen) atoms. The summed E-state index contributed by atoms with van der Waals surface area (Å²) in [5.74, 6) is 0. The highest BCUT2D eigenvalue weighted by Crippen LogP contribution is 2.26. The molecule has 4 heteroatoms. The fourth-order valence-electron chi connectivity index (χ4n) is 1.18. The van der Waals surface area contributed by atoms with E-state index in [0.29, 0.717) is 6.54 Å². The highest BCUT2D eigenvalue weighted by molar-refractivity contribution is 7.99. The predicted octanol–water partition coefficient (Wildman–Crippen LogP) is 2.09. The Kier molecular flexibility index (Phi) is 3.32. The molecule has 0 unspecified atom stereocenters. The molecule has 0 spiro atoms. The largest absolute Gasteiger partial charge is 0.325 e. The van der Waals surface area contributed by atoms with Crippen LogP contribution in [0.3, 0.4) is 0 Å². The van der Waals surface area contributed by atoms with E-state index in [1.807, 2.05) is 30.3 Å². The number of nitrogens with two attached hydrogens (primary N) is 1. The van der Waals surface area contributed by atoms with Gasteiger partial charge in [-0.1, -0.05) is 30.0 Å². The second kappa shape index (κ2) is 4.91. The van der Waals surface area contributed by atoms with Crippen molar-refractivity contribution >= 4 is 11.8 Å². The van der Waals surface area contributed by atoms with Gasteiger partial charge in [0.05, 0.1) is 5.69 Å². The van der Waals surface area contributed by atoms with E-state index < -0.39 is 0 Å². The number of hydrogen-bond donors (Lipinski definition) is 1. The van der Waals surface area contributed by atoms with Crippen molar-refractivity contribution in [3.8, 4) is 0 Å². The van der Waals surface area contributed by atoms with E-state index in [9.17, 15) is 0 Å². The van der Waals surface area contributed by atoms with E-state index in [1.54, 1.807) is 24.2 Å². The van der Waals surface area contributed by atoms with Crippen LogP contribution < -0.4 is 5.73 Å². The van der Waals surface area contributed by atoms with Gasteiger partial charge < -0.3 is 5.73 Å². The molecule has 2 rings (SSSR count). The lowest BCUT2D eigenvalue weighted by Gasteiger charge is -2.04. The third-order valence-electron chi connectivity index (χ3n) is 1.89. The van der Waals surface area contributed by atoms with Crippen LogP contribution in [-0.2, 0) is 6.54 Å². The van der Waals surface area contributed by atoms with E-state index in [-0.39, 0.29) is 0 Å². The topological polar surface area (TPSA) is 51.8 Å². The van der Waals surface area contributed by atoms with Crippen molar-refractivity contribution in [2.75, 3.05) is 0 Å². The van der Waals surface area contributed by atoms with E-state index in [1.165, 1.54) is 0 Å². The number of benzene rings is 1. The van der Waals surface area contributed by atoms with Crippen LogP contribution in [0.25, 0.3) is 0 Å². The van der Waals surface area contributed by atoms with Crippen molar-refractivity contribution in [3.05, 3.63) is 48.4 Å². The Labute approximate surface area is 92.8 Å². The Morgan fingerprint density at radius 2 is 1.80 bits per heavy atom. The second-order valence-corrected chi connectivity index (χ2v) is 3.99. The zero-order chi connectivity index (χ0) is 10.5. The molecule has 3 nitrogen and oxygen atoms in total. The van der Waals surface area contributed by atoms with Gasteiger partial charge in [0.15, 0.2) is 0 Å². The lowest BCUT2D eigenvalue weighted by Crippen LogP contribution is -2.02. The summed E-state index contributed by atoms with van der Waals surface area (Å²) in [4.78, 5) is 9.60. The molecule has 0 fully saturated rings. The molecule has 0 aliphatic heterocycles. The van der Waals surface area contributed by atoms with Gasteiger partial charge in [-0.3, -0.25) is 4.98 Å². The van der Waals surface area contributed by atoms with Gasteiger partial charge in [-0.2, -0.15) is 0 Å². The van der Waals surface area contributed by atoms with Crippen molar-refractivity contribution in [3.63, 3.8) is 0 Å². The summed E-state index contributed by atoms with van der Waals surface area (Å²) in [5, 5.41) is 0.881. The summed E-state index contributed by atoms with van der Waals surface area (Å²) in [6, 6.07) is 10.1. The maximum absolute atomic E-state index is 5.59. The van der Waals surface area contributed by atoms with Crippen LogP contribution in [0.4, 0.5) is 0 Å². The van der Waals surface area contributed by atoms with Gasteiger partial charge >= 0.3 is 0 Å². The zero-order valence-electron chi connectivity index (χ0n) is 8.13. The highest BCUT2D eigenvalue weighted by atomic mass is 32.2. The summed E-state index contributed by atoms with van der Waals surface area (Å²) in [6.45, 7) is 0.420. The number of aromatic nitrogens is 2. The van der Waals surface area contributed by atoms with E-state index in [0.717, 1.165) is 15.6 Å². The minimum atomic E-state index is 0.420.